The first-order valence-electron chi connectivity index (χ1n) is 8.29. The maximum Gasteiger partial charge on any atom is 0.339 e. The van der Waals surface area contributed by atoms with Crippen molar-refractivity contribution in [3.63, 3.8) is 0 Å². The van der Waals surface area contributed by atoms with Crippen molar-refractivity contribution in [3.05, 3.63) is 58.6 Å². The van der Waals surface area contributed by atoms with E-state index in [2.05, 4.69) is 10.1 Å². The number of anilines is 2. The van der Waals surface area contributed by atoms with Gasteiger partial charge in [-0.15, -0.1) is 0 Å². The number of nitrogens with zero attached hydrogens (tertiary/aromatic N) is 1. The van der Waals surface area contributed by atoms with Crippen molar-refractivity contribution in [1.29, 1.82) is 0 Å². The van der Waals surface area contributed by atoms with Crippen molar-refractivity contribution >= 4 is 44.9 Å². The zero-order chi connectivity index (χ0) is 21.1. The molecule has 1 N–H and O–H groups in total. The Bertz CT molecular complexity index is 990. The van der Waals surface area contributed by atoms with Gasteiger partial charge in [-0.1, -0.05) is 29.3 Å². The molecule has 0 heterocycles. The maximum absolute atomic E-state index is 12.7. The topological polar surface area (TPSA) is 92.8 Å². The van der Waals surface area contributed by atoms with E-state index in [1.807, 2.05) is 6.92 Å². The number of esters is 1. The van der Waals surface area contributed by atoms with E-state index < -0.39 is 27.9 Å². The predicted octanol–water partition coefficient (Wildman–Crippen LogP) is 3.23. The van der Waals surface area contributed by atoms with Gasteiger partial charge in [0.25, 0.3) is 0 Å². The summed E-state index contributed by atoms with van der Waals surface area (Å²) in [5, 5.41) is 2.79. The molecule has 0 bridgehead atoms. The van der Waals surface area contributed by atoms with Gasteiger partial charge in [-0.2, -0.15) is 0 Å². The molecule has 9 heteroatoms. The lowest BCUT2D eigenvalue weighted by Crippen LogP contribution is -2.45. The first-order valence-corrected chi connectivity index (χ1v) is 10.5. The molecular weight excluding hydrogens is 404 g/mol. The fraction of sp³-hybridized carbons (Fsp3) is 0.263. The van der Waals surface area contributed by atoms with E-state index in [9.17, 15) is 18.0 Å². The average molecular weight is 425 g/mol. The molecule has 0 spiro atoms. The molecule has 0 aliphatic rings. The van der Waals surface area contributed by atoms with Crippen LogP contribution >= 0.6 is 11.6 Å². The van der Waals surface area contributed by atoms with Gasteiger partial charge in [0, 0.05) is 5.69 Å². The summed E-state index contributed by atoms with van der Waals surface area (Å²) in [7, 11) is -2.50. The van der Waals surface area contributed by atoms with Crippen LogP contribution < -0.4 is 9.62 Å². The Kier molecular flexibility index (Phi) is 6.69. The largest absolute Gasteiger partial charge is 0.465 e. The van der Waals surface area contributed by atoms with Crippen molar-refractivity contribution in [2.45, 2.75) is 19.9 Å². The van der Waals surface area contributed by atoms with E-state index in [4.69, 9.17) is 11.6 Å². The van der Waals surface area contributed by atoms with Crippen molar-refractivity contribution < 1.29 is 22.7 Å². The number of halogens is 1. The normalized spacial score (nSPS) is 12.2. The number of carbonyl (C=O) groups excluding carboxylic acids is 2. The van der Waals surface area contributed by atoms with E-state index in [1.165, 1.54) is 32.2 Å². The van der Waals surface area contributed by atoms with Crippen LogP contribution in [0.3, 0.4) is 0 Å². The highest BCUT2D eigenvalue weighted by Crippen LogP contribution is 2.24. The first kappa shape index (κ1) is 21.7. The van der Waals surface area contributed by atoms with Crippen LogP contribution in [0.2, 0.25) is 5.02 Å². The molecule has 7 nitrogen and oxygen atoms in total. The number of aryl methyl sites for hydroxylation is 1. The standard InChI is InChI=1S/C19H21ClN2O5S/c1-12-5-8-15(9-6-12)22(28(4,25)26)13(2)18(23)21-14-7-10-17(20)16(11-14)19(24)27-3/h5-11,13H,1-4H3,(H,21,23)/t13-/m1/s1. The molecule has 150 valence electrons. The van der Waals surface area contributed by atoms with Crippen LogP contribution in [0.4, 0.5) is 11.4 Å². The third-order valence-corrected chi connectivity index (χ3v) is 5.59. The van der Waals surface area contributed by atoms with Gasteiger partial charge in [0.2, 0.25) is 15.9 Å². The molecule has 1 atom stereocenters. The van der Waals surface area contributed by atoms with Crippen molar-refractivity contribution in [1.82, 2.24) is 0 Å². The second kappa shape index (κ2) is 8.62. The molecule has 0 aliphatic carbocycles. The molecule has 28 heavy (non-hydrogen) atoms. The third kappa shape index (κ3) is 5.02. The summed E-state index contributed by atoms with van der Waals surface area (Å²) in [6, 6.07) is 10.1. The van der Waals surface area contributed by atoms with Crippen LogP contribution in [0.1, 0.15) is 22.8 Å². The lowest BCUT2D eigenvalue weighted by molar-refractivity contribution is -0.116. The monoisotopic (exact) mass is 424 g/mol. The summed E-state index contributed by atoms with van der Waals surface area (Å²) in [5.74, 6) is -1.21. The number of methoxy groups -OCH3 is 1. The lowest BCUT2D eigenvalue weighted by atomic mass is 10.2. The quantitative estimate of drug-likeness (QED) is 0.718. The summed E-state index contributed by atoms with van der Waals surface area (Å²) >= 11 is 5.97. The highest BCUT2D eigenvalue weighted by molar-refractivity contribution is 7.92. The van der Waals surface area contributed by atoms with Crippen LogP contribution in [-0.2, 0) is 19.6 Å². The van der Waals surface area contributed by atoms with Crippen molar-refractivity contribution in [2.24, 2.45) is 0 Å². The molecule has 0 aromatic heterocycles. The van der Waals surface area contributed by atoms with E-state index in [0.717, 1.165) is 16.1 Å². The van der Waals surface area contributed by atoms with Crippen LogP contribution in [0, 0.1) is 6.92 Å². The maximum atomic E-state index is 12.7. The molecule has 0 unspecified atom stereocenters. The Labute approximate surface area is 169 Å². The molecule has 0 aliphatic heterocycles. The van der Waals surface area contributed by atoms with E-state index in [0.29, 0.717) is 11.4 Å². The number of amides is 1. The number of sulfonamides is 1. The Morgan fingerprint density at radius 1 is 1.14 bits per heavy atom. The Hall–Kier alpha value is -2.58. The minimum atomic E-state index is -3.72. The average Bonchev–Trinajstić information content (AvgIpc) is 2.63. The summed E-state index contributed by atoms with van der Waals surface area (Å²) in [4.78, 5) is 24.5. The van der Waals surface area contributed by atoms with E-state index >= 15 is 0 Å². The SMILES string of the molecule is COC(=O)c1cc(NC(=O)[C@@H](C)N(c2ccc(C)cc2)S(C)(=O)=O)ccc1Cl. The van der Waals surface area contributed by atoms with Crippen LogP contribution in [0.15, 0.2) is 42.5 Å². The minimum absolute atomic E-state index is 0.0909. The summed E-state index contributed by atoms with van der Waals surface area (Å²) in [6.45, 7) is 3.36. The first-order chi connectivity index (χ1) is 13.0. The number of carbonyl (C=O) groups is 2. The fourth-order valence-electron chi connectivity index (χ4n) is 2.62. The second-order valence-corrected chi connectivity index (χ2v) is 8.51. The van der Waals surface area contributed by atoms with Crippen molar-refractivity contribution in [2.75, 3.05) is 23.0 Å². The number of nitrogens with one attached hydrogen (secondary N) is 1. The molecule has 2 rings (SSSR count). The van der Waals surface area contributed by atoms with Gasteiger partial charge in [-0.25, -0.2) is 13.2 Å². The van der Waals surface area contributed by atoms with Crippen molar-refractivity contribution in [3.8, 4) is 0 Å². The van der Waals surface area contributed by atoms with E-state index in [-0.39, 0.29) is 10.6 Å². The van der Waals surface area contributed by atoms with Gasteiger partial charge < -0.3 is 10.1 Å². The zero-order valence-electron chi connectivity index (χ0n) is 15.9. The Balaban J connectivity index is 2.31. The molecule has 0 fully saturated rings. The molecule has 1 amide bonds. The second-order valence-electron chi connectivity index (χ2n) is 6.25. The number of hydrogen-bond donors (Lipinski definition) is 1. The number of ether oxygens (including phenoxy) is 1. The Morgan fingerprint density at radius 3 is 2.29 bits per heavy atom. The van der Waals surface area contributed by atoms with Crippen LogP contribution in [0.25, 0.3) is 0 Å². The van der Waals surface area contributed by atoms with Gasteiger partial charge >= 0.3 is 5.97 Å². The number of benzene rings is 2. The summed E-state index contributed by atoms with van der Waals surface area (Å²) < 4.78 is 30.3. The summed E-state index contributed by atoms with van der Waals surface area (Å²) in [5.41, 5.74) is 1.72. The molecule has 0 radical (unpaired) electrons. The molecule has 2 aromatic rings. The summed E-state index contributed by atoms with van der Waals surface area (Å²) in [6.07, 6.45) is 1.04. The highest BCUT2D eigenvalue weighted by atomic mass is 35.5. The molecule has 0 saturated heterocycles. The van der Waals surface area contributed by atoms with Gasteiger partial charge in [0.15, 0.2) is 0 Å². The van der Waals surface area contributed by atoms with Gasteiger partial charge in [0.1, 0.15) is 6.04 Å². The fourth-order valence-corrected chi connectivity index (χ4v) is 3.99. The molecule has 0 saturated carbocycles. The Morgan fingerprint density at radius 2 is 1.75 bits per heavy atom. The van der Waals surface area contributed by atoms with Gasteiger partial charge in [-0.3, -0.25) is 9.10 Å². The highest BCUT2D eigenvalue weighted by Gasteiger charge is 2.29. The number of hydrogen-bond acceptors (Lipinski definition) is 5. The molecular formula is C19H21ClN2O5S. The van der Waals surface area contributed by atoms with E-state index in [1.54, 1.807) is 24.3 Å². The minimum Gasteiger partial charge on any atom is -0.465 e. The van der Waals surface area contributed by atoms with Crippen LogP contribution in [0.5, 0.6) is 0 Å². The zero-order valence-corrected chi connectivity index (χ0v) is 17.5. The van der Waals surface area contributed by atoms with Gasteiger partial charge in [-0.05, 0) is 44.2 Å². The number of rotatable bonds is 6. The molecule has 2 aromatic carbocycles. The smallest absolute Gasteiger partial charge is 0.339 e. The van der Waals surface area contributed by atoms with Gasteiger partial charge in [0.05, 0.1) is 29.6 Å². The van der Waals surface area contributed by atoms with Crippen LogP contribution in [-0.4, -0.2) is 39.7 Å². The lowest BCUT2D eigenvalue weighted by Gasteiger charge is -2.28. The third-order valence-electron chi connectivity index (χ3n) is 4.02. The predicted molar refractivity (Wildman–Crippen MR) is 109 cm³/mol.